The minimum Gasteiger partial charge on any atom is -0.316 e. The van der Waals surface area contributed by atoms with E-state index in [0.717, 1.165) is 5.92 Å². The Bertz CT molecular complexity index is 134. The van der Waals surface area contributed by atoms with Gasteiger partial charge in [0.15, 0.2) is 0 Å². The lowest BCUT2D eigenvalue weighted by molar-refractivity contribution is 0.154. The van der Waals surface area contributed by atoms with Crippen molar-refractivity contribution in [2.75, 3.05) is 13.1 Å². The molecule has 0 amide bonds. The van der Waals surface area contributed by atoms with Gasteiger partial charge in [-0.2, -0.15) is 0 Å². The van der Waals surface area contributed by atoms with Crippen molar-refractivity contribution in [2.24, 2.45) is 11.3 Å². The molecule has 0 aliphatic heterocycles. The van der Waals surface area contributed by atoms with Crippen molar-refractivity contribution >= 4 is 0 Å². The third-order valence-corrected chi connectivity index (χ3v) is 3.70. The minimum atomic E-state index is 0.645. The SMILES string of the molecule is CCC(CC)CNCC1(C)CCC1. The van der Waals surface area contributed by atoms with Gasteiger partial charge in [0.1, 0.15) is 0 Å². The second kappa shape index (κ2) is 4.99. The van der Waals surface area contributed by atoms with Gasteiger partial charge in [0, 0.05) is 6.54 Å². The van der Waals surface area contributed by atoms with E-state index in [9.17, 15) is 0 Å². The molecule has 13 heavy (non-hydrogen) atoms. The fraction of sp³-hybridized carbons (Fsp3) is 1.00. The van der Waals surface area contributed by atoms with Gasteiger partial charge in [-0.1, -0.05) is 40.0 Å². The van der Waals surface area contributed by atoms with E-state index in [1.165, 1.54) is 45.2 Å². The molecule has 0 saturated heterocycles. The maximum absolute atomic E-state index is 3.63. The van der Waals surface area contributed by atoms with E-state index < -0.39 is 0 Å². The third-order valence-electron chi connectivity index (χ3n) is 3.70. The van der Waals surface area contributed by atoms with Crippen LogP contribution in [0.25, 0.3) is 0 Å². The Labute approximate surface area is 83.3 Å². The van der Waals surface area contributed by atoms with Gasteiger partial charge in [-0.25, -0.2) is 0 Å². The van der Waals surface area contributed by atoms with E-state index >= 15 is 0 Å². The van der Waals surface area contributed by atoms with Crippen LogP contribution >= 0.6 is 0 Å². The maximum atomic E-state index is 3.63. The number of nitrogens with one attached hydrogen (secondary N) is 1. The molecule has 0 spiro atoms. The zero-order valence-electron chi connectivity index (χ0n) is 9.53. The average Bonchev–Trinajstić information content (AvgIpc) is 2.10. The van der Waals surface area contributed by atoms with Crippen molar-refractivity contribution in [3.05, 3.63) is 0 Å². The van der Waals surface area contributed by atoms with Gasteiger partial charge in [-0.15, -0.1) is 0 Å². The Morgan fingerprint density at radius 2 is 1.85 bits per heavy atom. The van der Waals surface area contributed by atoms with Gasteiger partial charge in [-0.3, -0.25) is 0 Å². The molecule has 1 heteroatoms. The van der Waals surface area contributed by atoms with Gasteiger partial charge >= 0.3 is 0 Å². The van der Waals surface area contributed by atoms with Gasteiger partial charge < -0.3 is 5.32 Å². The Hall–Kier alpha value is -0.0400. The summed E-state index contributed by atoms with van der Waals surface area (Å²) in [5.74, 6) is 0.892. The first-order valence-corrected chi connectivity index (χ1v) is 5.91. The topological polar surface area (TPSA) is 12.0 Å². The first-order chi connectivity index (χ1) is 6.20. The molecule has 1 saturated carbocycles. The van der Waals surface area contributed by atoms with E-state index in [2.05, 4.69) is 26.1 Å². The predicted molar refractivity (Wildman–Crippen MR) is 58.9 cm³/mol. The summed E-state index contributed by atoms with van der Waals surface area (Å²) < 4.78 is 0. The highest BCUT2D eigenvalue weighted by atomic mass is 14.9. The van der Waals surface area contributed by atoms with Gasteiger partial charge in [0.2, 0.25) is 0 Å². The lowest BCUT2D eigenvalue weighted by atomic mass is 9.70. The molecular weight excluding hydrogens is 158 g/mol. The van der Waals surface area contributed by atoms with E-state index in [4.69, 9.17) is 0 Å². The molecular formula is C12H25N. The smallest absolute Gasteiger partial charge is 0.000527 e. The fourth-order valence-electron chi connectivity index (χ4n) is 2.11. The van der Waals surface area contributed by atoms with Gasteiger partial charge in [0.25, 0.3) is 0 Å². The summed E-state index contributed by atoms with van der Waals surface area (Å²) in [6.07, 6.45) is 6.95. The second-order valence-corrected chi connectivity index (χ2v) is 4.98. The van der Waals surface area contributed by atoms with E-state index in [-0.39, 0.29) is 0 Å². The zero-order chi connectivity index (χ0) is 9.73. The standard InChI is InChI=1S/C12H25N/c1-4-11(5-2)9-13-10-12(3)7-6-8-12/h11,13H,4-10H2,1-3H3. The monoisotopic (exact) mass is 183 g/mol. The highest BCUT2D eigenvalue weighted by molar-refractivity contribution is 4.85. The molecule has 1 N–H and O–H groups in total. The van der Waals surface area contributed by atoms with Crippen molar-refractivity contribution in [1.82, 2.24) is 5.32 Å². The van der Waals surface area contributed by atoms with Crippen molar-refractivity contribution in [3.63, 3.8) is 0 Å². The Kier molecular flexibility index (Phi) is 4.24. The summed E-state index contributed by atoms with van der Waals surface area (Å²) in [4.78, 5) is 0. The summed E-state index contributed by atoms with van der Waals surface area (Å²) in [5.41, 5.74) is 0.645. The molecule has 1 aliphatic carbocycles. The molecule has 0 unspecified atom stereocenters. The normalized spacial score (nSPS) is 20.3. The van der Waals surface area contributed by atoms with Crippen molar-refractivity contribution < 1.29 is 0 Å². The summed E-state index contributed by atoms with van der Waals surface area (Å²) in [6.45, 7) is 9.46. The molecule has 0 aromatic heterocycles. The summed E-state index contributed by atoms with van der Waals surface area (Å²) in [7, 11) is 0. The third kappa shape index (κ3) is 3.30. The fourth-order valence-corrected chi connectivity index (χ4v) is 2.11. The molecule has 1 aliphatic rings. The van der Waals surface area contributed by atoms with Crippen LogP contribution in [-0.2, 0) is 0 Å². The minimum absolute atomic E-state index is 0.645. The second-order valence-electron chi connectivity index (χ2n) is 4.98. The van der Waals surface area contributed by atoms with Crippen LogP contribution in [0.2, 0.25) is 0 Å². The maximum Gasteiger partial charge on any atom is 0.000527 e. The van der Waals surface area contributed by atoms with Crippen molar-refractivity contribution in [2.45, 2.75) is 52.9 Å². The molecule has 0 bridgehead atoms. The molecule has 0 heterocycles. The Morgan fingerprint density at radius 3 is 2.23 bits per heavy atom. The number of hydrogen-bond acceptors (Lipinski definition) is 1. The first kappa shape index (κ1) is 11.0. The zero-order valence-corrected chi connectivity index (χ0v) is 9.53. The van der Waals surface area contributed by atoms with Crippen LogP contribution in [0.15, 0.2) is 0 Å². The Balaban J connectivity index is 2.05. The van der Waals surface area contributed by atoms with Crippen LogP contribution in [0.3, 0.4) is 0 Å². The predicted octanol–water partition coefficient (Wildman–Crippen LogP) is 3.20. The molecule has 1 nitrogen and oxygen atoms in total. The first-order valence-electron chi connectivity index (χ1n) is 5.91. The Morgan fingerprint density at radius 1 is 1.23 bits per heavy atom. The van der Waals surface area contributed by atoms with Gasteiger partial charge in [-0.05, 0) is 30.7 Å². The highest BCUT2D eigenvalue weighted by Gasteiger charge is 2.30. The van der Waals surface area contributed by atoms with Crippen LogP contribution in [0.1, 0.15) is 52.9 Å². The van der Waals surface area contributed by atoms with Crippen LogP contribution in [-0.4, -0.2) is 13.1 Å². The largest absolute Gasteiger partial charge is 0.316 e. The summed E-state index contributed by atoms with van der Waals surface area (Å²) >= 11 is 0. The average molecular weight is 183 g/mol. The van der Waals surface area contributed by atoms with Crippen LogP contribution in [0, 0.1) is 11.3 Å². The highest BCUT2D eigenvalue weighted by Crippen LogP contribution is 2.39. The van der Waals surface area contributed by atoms with Crippen LogP contribution in [0.4, 0.5) is 0 Å². The van der Waals surface area contributed by atoms with Crippen LogP contribution in [0.5, 0.6) is 0 Å². The lowest BCUT2D eigenvalue weighted by Crippen LogP contribution is -2.38. The lowest BCUT2D eigenvalue weighted by Gasteiger charge is -2.39. The van der Waals surface area contributed by atoms with Gasteiger partial charge in [0.05, 0.1) is 0 Å². The van der Waals surface area contributed by atoms with E-state index in [1.54, 1.807) is 0 Å². The molecule has 78 valence electrons. The molecule has 0 radical (unpaired) electrons. The van der Waals surface area contributed by atoms with Crippen LogP contribution < -0.4 is 5.32 Å². The van der Waals surface area contributed by atoms with E-state index in [0.29, 0.717) is 5.41 Å². The molecule has 0 aromatic rings. The van der Waals surface area contributed by atoms with E-state index in [1.807, 2.05) is 0 Å². The molecule has 0 atom stereocenters. The summed E-state index contributed by atoms with van der Waals surface area (Å²) in [6, 6.07) is 0. The number of rotatable bonds is 6. The molecule has 1 fully saturated rings. The number of hydrogen-bond donors (Lipinski definition) is 1. The van der Waals surface area contributed by atoms with Crippen molar-refractivity contribution in [1.29, 1.82) is 0 Å². The quantitative estimate of drug-likeness (QED) is 0.667. The molecule has 0 aromatic carbocycles. The molecule has 1 rings (SSSR count). The van der Waals surface area contributed by atoms with Crippen molar-refractivity contribution in [3.8, 4) is 0 Å². The summed E-state index contributed by atoms with van der Waals surface area (Å²) in [5, 5.41) is 3.63.